The first-order valence-corrected chi connectivity index (χ1v) is 9.96. The predicted octanol–water partition coefficient (Wildman–Crippen LogP) is 2.48. The van der Waals surface area contributed by atoms with Gasteiger partial charge in [-0.1, -0.05) is 24.3 Å². The topological polar surface area (TPSA) is 43.9 Å². The van der Waals surface area contributed by atoms with Crippen LogP contribution in [0.3, 0.4) is 0 Å². The molecule has 1 aromatic heterocycles. The number of carbonyl (C=O) groups excluding carboxylic acids is 2. The molecule has 6 heteroatoms. The molecule has 1 aromatic carbocycles. The molecule has 2 aromatic rings. The predicted molar refractivity (Wildman–Crippen MR) is 104 cm³/mol. The number of anilines is 1. The summed E-state index contributed by atoms with van der Waals surface area (Å²) in [6.07, 6.45) is 0.922. The summed E-state index contributed by atoms with van der Waals surface area (Å²) in [5.41, 5.74) is 2.30. The normalized spacial score (nSPS) is 20.3. The molecule has 0 radical (unpaired) electrons. The third-order valence-corrected chi connectivity index (χ3v) is 6.08. The summed E-state index contributed by atoms with van der Waals surface area (Å²) in [6, 6.07) is 12.1. The number of rotatable bonds is 3. The molecule has 2 aliphatic heterocycles. The molecule has 0 N–H and O–H groups in total. The highest BCUT2D eigenvalue weighted by Gasteiger charge is 2.32. The van der Waals surface area contributed by atoms with E-state index in [1.54, 1.807) is 0 Å². The Morgan fingerprint density at radius 3 is 2.58 bits per heavy atom. The monoisotopic (exact) mass is 369 g/mol. The highest BCUT2D eigenvalue weighted by Crippen LogP contribution is 2.31. The van der Waals surface area contributed by atoms with Crippen LogP contribution in [0.25, 0.3) is 0 Å². The molecule has 0 aliphatic carbocycles. The number of fused-ring (bicyclic) bond motifs is 1. The minimum atomic E-state index is 0.105. The number of piperazine rings is 1. The first-order valence-electron chi connectivity index (χ1n) is 9.08. The number of amides is 2. The molecule has 26 heavy (non-hydrogen) atoms. The second-order valence-electron chi connectivity index (χ2n) is 6.99. The van der Waals surface area contributed by atoms with Gasteiger partial charge in [0.1, 0.15) is 0 Å². The van der Waals surface area contributed by atoms with Crippen LogP contribution in [-0.4, -0.2) is 60.4 Å². The summed E-state index contributed by atoms with van der Waals surface area (Å²) in [5.74, 6) is 0.258. The summed E-state index contributed by atoms with van der Waals surface area (Å²) in [7, 11) is 0. The fraction of sp³-hybridized carbons (Fsp3) is 0.400. The Morgan fingerprint density at radius 2 is 1.85 bits per heavy atom. The lowest BCUT2D eigenvalue weighted by atomic mass is 10.1. The van der Waals surface area contributed by atoms with Gasteiger partial charge in [-0.25, -0.2) is 0 Å². The average Bonchev–Trinajstić information content (AvgIpc) is 3.28. The van der Waals surface area contributed by atoms with Crippen molar-refractivity contribution >= 4 is 28.8 Å². The van der Waals surface area contributed by atoms with Crippen molar-refractivity contribution in [2.75, 3.05) is 37.6 Å². The van der Waals surface area contributed by atoms with Crippen molar-refractivity contribution in [1.82, 2.24) is 9.80 Å². The second-order valence-corrected chi connectivity index (χ2v) is 7.94. The largest absolute Gasteiger partial charge is 0.335 e. The van der Waals surface area contributed by atoms with Gasteiger partial charge in [0.25, 0.3) is 5.91 Å². The number of benzene rings is 1. The molecular formula is C20H23N3O2S. The van der Waals surface area contributed by atoms with Gasteiger partial charge in [-0.2, -0.15) is 0 Å². The summed E-state index contributed by atoms with van der Waals surface area (Å²) in [4.78, 5) is 32.1. The fourth-order valence-electron chi connectivity index (χ4n) is 3.88. The van der Waals surface area contributed by atoms with Crippen LogP contribution in [0, 0.1) is 0 Å². The van der Waals surface area contributed by atoms with Crippen molar-refractivity contribution in [2.45, 2.75) is 19.4 Å². The number of hydrogen-bond donors (Lipinski definition) is 0. The Balaban J connectivity index is 1.35. The van der Waals surface area contributed by atoms with E-state index in [1.807, 2.05) is 45.5 Å². The van der Waals surface area contributed by atoms with Crippen LogP contribution >= 0.6 is 11.3 Å². The molecule has 4 rings (SSSR count). The van der Waals surface area contributed by atoms with Crippen LogP contribution in [0.5, 0.6) is 0 Å². The van der Waals surface area contributed by atoms with Gasteiger partial charge in [-0.05, 0) is 36.4 Å². The van der Waals surface area contributed by atoms with E-state index in [0.717, 1.165) is 30.1 Å². The summed E-state index contributed by atoms with van der Waals surface area (Å²) < 4.78 is 0. The molecule has 1 saturated heterocycles. The first kappa shape index (κ1) is 17.2. The number of carbonyl (C=O) groups is 2. The van der Waals surface area contributed by atoms with Gasteiger partial charge in [0.05, 0.1) is 11.4 Å². The summed E-state index contributed by atoms with van der Waals surface area (Å²) >= 11 is 1.48. The molecular weight excluding hydrogens is 346 g/mol. The van der Waals surface area contributed by atoms with Gasteiger partial charge in [0.2, 0.25) is 5.91 Å². The van der Waals surface area contributed by atoms with Gasteiger partial charge in [0.15, 0.2) is 0 Å². The Kier molecular flexibility index (Phi) is 4.78. The summed E-state index contributed by atoms with van der Waals surface area (Å²) in [5, 5.41) is 1.93. The van der Waals surface area contributed by atoms with Crippen molar-refractivity contribution in [3.8, 4) is 0 Å². The van der Waals surface area contributed by atoms with Gasteiger partial charge >= 0.3 is 0 Å². The highest BCUT2D eigenvalue weighted by atomic mass is 32.1. The van der Waals surface area contributed by atoms with Gasteiger partial charge in [-0.15, -0.1) is 11.3 Å². The smallest absolute Gasteiger partial charge is 0.264 e. The maximum Gasteiger partial charge on any atom is 0.264 e. The van der Waals surface area contributed by atoms with Gasteiger partial charge < -0.3 is 9.80 Å². The molecule has 2 aliphatic rings. The number of thiophene rings is 1. The lowest BCUT2D eigenvalue weighted by Crippen LogP contribution is -2.52. The minimum Gasteiger partial charge on any atom is -0.335 e. The van der Waals surface area contributed by atoms with Gasteiger partial charge in [0, 0.05) is 37.9 Å². The van der Waals surface area contributed by atoms with E-state index in [-0.39, 0.29) is 17.9 Å². The van der Waals surface area contributed by atoms with E-state index >= 15 is 0 Å². The molecule has 1 fully saturated rings. The van der Waals surface area contributed by atoms with E-state index in [1.165, 1.54) is 16.9 Å². The zero-order valence-electron chi connectivity index (χ0n) is 14.9. The van der Waals surface area contributed by atoms with E-state index < -0.39 is 0 Å². The van der Waals surface area contributed by atoms with Crippen molar-refractivity contribution in [3.05, 3.63) is 52.2 Å². The number of para-hydroxylation sites is 1. The summed E-state index contributed by atoms with van der Waals surface area (Å²) in [6.45, 7) is 5.36. The molecule has 1 unspecified atom stereocenters. The molecule has 1 atom stereocenters. The highest BCUT2D eigenvalue weighted by molar-refractivity contribution is 7.12. The van der Waals surface area contributed by atoms with Crippen LogP contribution in [0.15, 0.2) is 41.8 Å². The van der Waals surface area contributed by atoms with Crippen LogP contribution in [0.4, 0.5) is 5.69 Å². The van der Waals surface area contributed by atoms with Gasteiger partial charge in [-0.3, -0.25) is 14.5 Å². The second kappa shape index (κ2) is 7.21. The molecule has 2 amide bonds. The number of nitrogens with zero attached hydrogens (tertiary/aromatic N) is 3. The Labute approximate surface area is 157 Å². The standard InChI is InChI=1S/C20H23N3O2S/c1-15-13-16-5-2-3-6-17(16)23(15)19(24)14-21-8-10-22(11-9-21)20(25)18-7-4-12-26-18/h2-7,12,15H,8-11,13-14H2,1H3. The van der Waals surface area contributed by atoms with E-state index in [4.69, 9.17) is 0 Å². The maximum atomic E-state index is 12.9. The SMILES string of the molecule is CC1Cc2ccccc2N1C(=O)CN1CCN(C(=O)c2cccs2)CC1. The van der Waals surface area contributed by atoms with Crippen LogP contribution in [0.2, 0.25) is 0 Å². The molecule has 5 nitrogen and oxygen atoms in total. The average molecular weight is 369 g/mol. The molecule has 136 valence electrons. The zero-order chi connectivity index (χ0) is 18.1. The van der Waals surface area contributed by atoms with Crippen molar-refractivity contribution in [1.29, 1.82) is 0 Å². The van der Waals surface area contributed by atoms with Crippen molar-refractivity contribution in [2.24, 2.45) is 0 Å². The first-order chi connectivity index (χ1) is 12.6. The molecule has 0 spiro atoms. The van der Waals surface area contributed by atoms with Crippen LogP contribution < -0.4 is 4.90 Å². The van der Waals surface area contributed by atoms with E-state index in [9.17, 15) is 9.59 Å². The fourth-order valence-corrected chi connectivity index (χ4v) is 4.57. The quantitative estimate of drug-likeness (QED) is 0.835. The molecule has 0 saturated carbocycles. The lowest BCUT2D eigenvalue weighted by Gasteiger charge is -2.35. The zero-order valence-corrected chi connectivity index (χ0v) is 15.7. The number of hydrogen-bond acceptors (Lipinski definition) is 4. The Bertz CT molecular complexity index is 797. The third-order valence-electron chi connectivity index (χ3n) is 5.23. The van der Waals surface area contributed by atoms with Crippen molar-refractivity contribution in [3.63, 3.8) is 0 Å². The molecule has 3 heterocycles. The minimum absolute atomic E-state index is 0.105. The van der Waals surface area contributed by atoms with Crippen LogP contribution in [0.1, 0.15) is 22.2 Å². The maximum absolute atomic E-state index is 12.9. The molecule has 0 bridgehead atoms. The van der Waals surface area contributed by atoms with E-state index in [0.29, 0.717) is 19.6 Å². The van der Waals surface area contributed by atoms with Crippen LogP contribution in [-0.2, 0) is 11.2 Å². The Hall–Kier alpha value is -2.18. The Morgan fingerprint density at radius 1 is 1.08 bits per heavy atom. The van der Waals surface area contributed by atoms with Crippen molar-refractivity contribution < 1.29 is 9.59 Å². The van der Waals surface area contributed by atoms with E-state index in [2.05, 4.69) is 17.9 Å². The lowest BCUT2D eigenvalue weighted by molar-refractivity contribution is -0.120. The third kappa shape index (κ3) is 3.27.